The number of hydrogen-bond donors (Lipinski definition) is 0. The number of para-hydroxylation sites is 1. The monoisotopic (exact) mass is 304 g/mol. The van der Waals surface area contributed by atoms with Crippen molar-refractivity contribution in [1.82, 2.24) is 0 Å². The van der Waals surface area contributed by atoms with Gasteiger partial charge in [-0.2, -0.15) is 0 Å². The topological polar surface area (TPSA) is 9.23 Å². The van der Waals surface area contributed by atoms with Gasteiger partial charge in [0.2, 0.25) is 0 Å². The fraction of sp³-hybridized carbons (Fsp3) is 0.647. The van der Waals surface area contributed by atoms with Gasteiger partial charge in [-0.15, -0.1) is 13.2 Å². The van der Waals surface area contributed by atoms with E-state index in [1.807, 2.05) is 0 Å². The molecule has 21 heavy (non-hydrogen) atoms. The van der Waals surface area contributed by atoms with E-state index in [1.54, 1.807) is 6.07 Å². The zero-order valence-corrected chi connectivity index (χ0v) is 13.5. The lowest BCUT2D eigenvalue weighted by atomic mass is 9.83. The Kier molecular flexibility index (Phi) is 9.14. The minimum absolute atomic E-state index is 0.194. The summed E-state index contributed by atoms with van der Waals surface area (Å²) in [6.07, 6.45) is 2.25. The van der Waals surface area contributed by atoms with Crippen molar-refractivity contribution in [2.75, 3.05) is 0 Å². The smallest absolute Gasteiger partial charge is 0.406 e. The van der Waals surface area contributed by atoms with Crippen LogP contribution in [0, 0.1) is 5.41 Å². The summed E-state index contributed by atoms with van der Waals surface area (Å²) < 4.78 is 38.2. The molecule has 0 heterocycles. The molecule has 0 N–H and O–H groups in total. The van der Waals surface area contributed by atoms with Crippen molar-refractivity contribution in [3.8, 4) is 5.75 Å². The molecule has 0 aliphatic rings. The average molecular weight is 304 g/mol. The fourth-order valence-corrected chi connectivity index (χ4v) is 2.08. The highest BCUT2D eigenvalue weighted by Gasteiger charge is 2.30. The molecule has 1 aromatic carbocycles. The van der Waals surface area contributed by atoms with E-state index in [4.69, 9.17) is 0 Å². The Labute approximate surface area is 126 Å². The third-order valence-corrected chi connectivity index (χ3v) is 3.11. The Bertz CT molecular complexity index is 358. The first-order valence-electron chi connectivity index (χ1n) is 7.51. The molecule has 1 nitrogen and oxygen atoms in total. The van der Waals surface area contributed by atoms with Crippen molar-refractivity contribution in [2.45, 2.75) is 66.2 Å². The molecular formula is C17H27F3O. The number of halogens is 3. The largest absolute Gasteiger partial charge is 0.573 e. The first-order chi connectivity index (χ1) is 9.70. The van der Waals surface area contributed by atoms with Crippen LogP contribution in [0.4, 0.5) is 13.2 Å². The van der Waals surface area contributed by atoms with Crippen molar-refractivity contribution in [2.24, 2.45) is 5.41 Å². The lowest BCUT2D eigenvalue weighted by Crippen LogP contribution is -2.16. The molecule has 0 unspecified atom stereocenters. The maximum absolute atomic E-state index is 11.5. The van der Waals surface area contributed by atoms with Crippen LogP contribution in [0.5, 0.6) is 5.75 Å². The highest BCUT2D eigenvalue weighted by Crippen LogP contribution is 2.28. The van der Waals surface area contributed by atoms with E-state index in [2.05, 4.69) is 32.4 Å². The van der Waals surface area contributed by atoms with Crippen LogP contribution in [-0.4, -0.2) is 6.36 Å². The van der Waals surface area contributed by atoms with Gasteiger partial charge in [0.05, 0.1) is 0 Å². The fourth-order valence-electron chi connectivity index (χ4n) is 2.08. The molecule has 1 aromatic rings. The summed E-state index contributed by atoms with van der Waals surface area (Å²) in [5.74, 6) is -0.194. The predicted octanol–water partition coefficient (Wildman–Crippen LogP) is 6.59. The van der Waals surface area contributed by atoms with Crippen LogP contribution < -0.4 is 4.74 Å². The summed E-state index contributed by atoms with van der Waals surface area (Å²) in [7, 11) is 0. The second-order valence-corrected chi connectivity index (χ2v) is 5.88. The molecule has 0 aliphatic carbocycles. The van der Waals surface area contributed by atoms with Gasteiger partial charge in [0.15, 0.2) is 0 Å². The minimum Gasteiger partial charge on any atom is -0.406 e. The molecule has 0 bridgehead atoms. The number of benzene rings is 1. The molecule has 0 radical (unpaired) electrons. The molecule has 0 aliphatic heterocycles. The van der Waals surface area contributed by atoms with Crippen molar-refractivity contribution < 1.29 is 17.9 Å². The van der Waals surface area contributed by atoms with Gasteiger partial charge in [-0.05, 0) is 30.4 Å². The molecule has 1 rings (SSSR count). The van der Waals surface area contributed by atoms with Gasteiger partial charge in [-0.25, -0.2) is 0 Å². The zero-order valence-electron chi connectivity index (χ0n) is 13.5. The van der Waals surface area contributed by atoms with Gasteiger partial charge in [-0.3, -0.25) is 0 Å². The van der Waals surface area contributed by atoms with E-state index < -0.39 is 6.36 Å². The lowest BCUT2D eigenvalue weighted by Gasteiger charge is -2.23. The highest BCUT2D eigenvalue weighted by atomic mass is 19.4. The summed E-state index contributed by atoms with van der Waals surface area (Å²) in [4.78, 5) is 0. The Hall–Kier alpha value is -1.19. The number of ether oxygens (including phenoxy) is 1. The van der Waals surface area contributed by atoms with Crippen LogP contribution in [0.15, 0.2) is 30.3 Å². The Balaban J connectivity index is 0.000000384. The van der Waals surface area contributed by atoms with Gasteiger partial charge in [0.25, 0.3) is 0 Å². The number of hydrogen-bond acceptors (Lipinski definition) is 1. The highest BCUT2D eigenvalue weighted by molar-refractivity contribution is 5.20. The summed E-state index contributed by atoms with van der Waals surface area (Å²) in [6.45, 7) is 9.30. The molecule has 0 aromatic heterocycles. The van der Waals surface area contributed by atoms with Gasteiger partial charge < -0.3 is 4.74 Å². The van der Waals surface area contributed by atoms with Crippen molar-refractivity contribution in [3.63, 3.8) is 0 Å². The number of alkyl halides is 3. The van der Waals surface area contributed by atoms with Gasteiger partial charge >= 0.3 is 6.36 Å². The first kappa shape index (κ1) is 19.8. The van der Waals surface area contributed by atoms with Crippen molar-refractivity contribution in [1.29, 1.82) is 0 Å². The van der Waals surface area contributed by atoms with Crippen LogP contribution in [0.25, 0.3) is 0 Å². The second-order valence-electron chi connectivity index (χ2n) is 5.88. The third-order valence-electron chi connectivity index (χ3n) is 3.11. The van der Waals surface area contributed by atoms with E-state index in [9.17, 15) is 13.2 Å². The van der Waals surface area contributed by atoms with Gasteiger partial charge in [-0.1, -0.05) is 65.2 Å². The Morgan fingerprint density at radius 3 is 1.90 bits per heavy atom. The molecule has 0 atom stereocenters. The van der Waals surface area contributed by atoms with Gasteiger partial charge in [0.1, 0.15) is 5.75 Å². The summed E-state index contributed by atoms with van der Waals surface area (Å²) >= 11 is 0. The zero-order chi connectivity index (χ0) is 16.4. The molecule has 4 heteroatoms. The van der Waals surface area contributed by atoms with Gasteiger partial charge in [0, 0.05) is 0 Å². The van der Waals surface area contributed by atoms with Crippen LogP contribution in [0.3, 0.4) is 0 Å². The summed E-state index contributed by atoms with van der Waals surface area (Å²) in [5, 5.41) is 0. The third kappa shape index (κ3) is 12.3. The quantitative estimate of drug-likeness (QED) is 0.576. The number of rotatable bonds is 6. The van der Waals surface area contributed by atoms with E-state index in [-0.39, 0.29) is 5.75 Å². The maximum Gasteiger partial charge on any atom is 0.573 e. The van der Waals surface area contributed by atoms with E-state index in [0.717, 1.165) is 0 Å². The molecule has 0 fully saturated rings. The summed E-state index contributed by atoms with van der Waals surface area (Å²) in [6, 6.07) is 7.05. The molecule has 0 saturated heterocycles. The van der Waals surface area contributed by atoms with Crippen LogP contribution in [0.1, 0.15) is 59.8 Å². The van der Waals surface area contributed by atoms with E-state index >= 15 is 0 Å². The van der Waals surface area contributed by atoms with Crippen LogP contribution >= 0.6 is 0 Å². The average Bonchev–Trinajstić information content (AvgIpc) is 2.36. The predicted molar refractivity (Wildman–Crippen MR) is 81.3 cm³/mol. The maximum atomic E-state index is 11.5. The van der Waals surface area contributed by atoms with E-state index in [0.29, 0.717) is 5.41 Å². The molecule has 0 saturated carbocycles. The molecular weight excluding hydrogens is 277 g/mol. The van der Waals surface area contributed by atoms with Crippen molar-refractivity contribution >= 4 is 0 Å². The molecule has 0 spiro atoms. The van der Waals surface area contributed by atoms with Crippen molar-refractivity contribution in [3.05, 3.63) is 30.3 Å². The second kappa shape index (κ2) is 9.69. The molecule has 122 valence electrons. The Morgan fingerprint density at radius 1 is 0.905 bits per heavy atom. The standard InChI is InChI=1S/C10H22.C7H5F3O/c1-5-7-9-10(3,4)8-6-2;8-7(9,10)11-6-4-2-1-3-5-6/h5-9H2,1-4H3;1-5H. The normalized spacial score (nSPS) is 11.6. The minimum atomic E-state index is -4.60. The lowest BCUT2D eigenvalue weighted by molar-refractivity contribution is -0.274. The summed E-state index contributed by atoms with van der Waals surface area (Å²) in [5.41, 5.74) is 0.602. The first-order valence-corrected chi connectivity index (χ1v) is 7.51. The van der Waals surface area contributed by atoms with E-state index in [1.165, 1.54) is 56.4 Å². The molecule has 0 amide bonds. The van der Waals surface area contributed by atoms with Crippen LogP contribution in [-0.2, 0) is 0 Å². The SMILES string of the molecule is CCCCC(C)(C)CCC.FC(F)(F)Oc1ccccc1. The van der Waals surface area contributed by atoms with Crippen LogP contribution in [0.2, 0.25) is 0 Å². The number of unbranched alkanes of at least 4 members (excludes halogenated alkanes) is 1. The Morgan fingerprint density at radius 2 is 1.48 bits per heavy atom.